The second-order valence-electron chi connectivity index (χ2n) is 5.66. The van der Waals surface area contributed by atoms with Crippen LogP contribution in [-0.4, -0.2) is 32.1 Å². The maximum Gasteiger partial charge on any atom is 0.191 e. The van der Waals surface area contributed by atoms with Gasteiger partial charge in [0.15, 0.2) is 11.1 Å². The van der Waals surface area contributed by atoms with Crippen LogP contribution in [0.15, 0.2) is 34.6 Å². The molecule has 6 heteroatoms. The van der Waals surface area contributed by atoms with E-state index < -0.39 is 0 Å². The molecular formula is C17H25N5S. The molecule has 0 saturated heterocycles. The summed E-state index contributed by atoms with van der Waals surface area (Å²) in [6, 6.07) is 8.58. The van der Waals surface area contributed by atoms with E-state index in [4.69, 9.17) is 0 Å². The Kier molecular flexibility index (Phi) is 5.98. The van der Waals surface area contributed by atoms with Gasteiger partial charge in [0.2, 0.25) is 0 Å². The molecule has 0 aliphatic heterocycles. The number of hydrogen-bond donors (Lipinski definition) is 2. The van der Waals surface area contributed by atoms with Crippen molar-refractivity contribution in [1.82, 2.24) is 15.6 Å². The lowest BCUT2D eigenvalue weighted by molar-refractivity contribution is 0.679. The maximum atomic E-state index is 4.57. The number of benzene rings is 1. The second-order valence-corrected chi connectivity index (χ2v) is 6.50. The molecule has 2 rings (SSSR count). The second kappa shape index (κ2) is 7.97. The van der Waals surface area contributed by atoms with Gasteiger partial charge in [0.05, 0.1) is 18.3 Å². The number of nitrogens with zero attached hydrogens (tertiary/aromatic N) is 3. The van der Waals surface area contributed by atoms with Crippen LogP contribution < -0.4 is 15.5 Å². The van der Waals surface area contributed by atoms with Gasteiger partial charge in [-0.1, -0.05) is 24.3 Å². The highest BCUT2D eigenvalue weighted by molar-refractivity contribution is 7.13. The number of aliphatic imine (C=N–C) groups is 1. The topological polar surface area (TPSA) is 52.6 Å². The smallest absolute Gasteiger partial charge is 0.191 e. The highest BCUT2D eigenvalue weighted by Crippen LogP contribution is 2.18. The standard InChI is InChI=1S/C17H25N5S/c1-12-8-6-7-9-15(12)13(2)20-16(18-3)19-10-14-11-23-17(21-14)22(4)5/h6-9,11,13H,10H2,1-5H3,(H2,18,19,20). The highest BCUT2D eigenvalue weighted by Gasteiger charge is 2.10. The number of rotatable bonds is 5. The Morgan fingerprint density at radius 3 is 2.70 bits per heavy atom. The van der Waals surface area contributed by atoms with Gasteiger partial charge in [-0.3, -0.25) is 4.99 Å². The molecule has 0 spiro atoms. The van der Waals surface area contributed by atoms with Crippen molar-refractivity contribution in [2.75, 3.05) is 26.0 Å². The Morgan fingerprint density at radius 2 is 2.09 bits per heavy atom. The first-order chi connectivity index (χ1) is 11.0. The number of thiazole rings is 1. The van der Waals surface area contributed by atoms with Crippen LogP contribution in [0.1, 0.15) is 29.8 Å². The van der Waals surface area contributed by atoms with E-state index in [1.807, 2.05) is 19.0 Å². The van der Waals surface area contributed by atoms with Crippen molar-refractivity contribution >= 4 is 22.4 Å². The lowest BCUT2D eigenvalue weighted by Crippen LogP contribution is -2.38. The lowest BCUT2D eigenvalue weighted by Gasteiger charge is -2.19. The fourth-order valence-electron chi connectivity index (χ4n) is 2.31. The summed E-state index contributed by atoms with van der Waals surface area (Å²) in [5, 5.41) is 9.83. The van der Waals surface area contributed by atoms with Crippen molar-refractivity contribution in [1.29, 1.82) is 0 Å². The first-order valence-corrected chi connectivity index (χ1v) is 8.53. The van der Waals surface area contributed by atoms with Crippen molar-refractivity contribution in [2.45, 2.75) is 26.4 Å². The maximum absolute atomic E-state index is 4.57. The van der Waals surface area contributed by atoms with E-state index in [0.717, 1.165) is 16.8 Å². The quantitative estimate of drug-likeness (QED) is 0.653. The lowest BCUT2D eigenvalue weighted by atomic mass is 10.0. The summed E-state index contributed by atoms with van der Waals surface area (Å²) in [7, 11) is 5.78. The SMILES string of the molecule is CN=C(NCc1csc(N(C)C)n1)NC(C)c1ccccc1C. The van der Waals surface area contributed by atoms with Gasteiger partial charge in [0, 0.05) is 26.5 Å². The molecule has 0 bridgehead atoms. The van der Waals surface area contributed by atoms with Crippen molar-refractivity contribution in [2.24, 2.45) is 4.99 Å². The van der Waals surface area contributed by atoms with Gasteiger partial charge in [0.1, 0.15) is 0 Å². The van der Waals surface area contributed by atoms with Crippen molar-refractivity contribution in [3.63, 3.8) is 0 Å². The molecule has 2 aromatic rings. The third-order valence-electron chi connectivity index (χ3n) is 3.59. The third-order valence-corrected chi connectivity index (χ3v) is 4.65. The van der Waals surface area contributed by atoms with Crippen LogP contribution in [0.4, 0.5) is 5.13 Å². The fourth-order valence-corrected chi connectivity index (χ4v) is 3.07. The molecule has 5 nitrogen and oxygen atoms in total. The molecule has 1 unspecified atom stereocenters. The van der Waals surface area contributed by atoms with Gasteiger partial charge in [-0.25, -0.2) is 4.98 Å². The van der Waals surface area contributed by atoms with Crippen LogP contribution in [0.3, 0.4) is 0 Å². The van der Waals surface area contributed by atoms with E-state index >= 15 is 0 Å². The van der Waals surface area contributed by atoms with Gasteiger partial charge in [-0.2, -0.15) is 0 Å². The molecular weight excluding hydrogens is 306 g/mol. The first-order valence-electron chi connectivity index (χ1n) is 7.65. The summed E-state index contributed by atoms with van der Waals surface area (Å²) in [5.74, 6) is 0.778. The molecule has 23 heavy (non-hydrogen) atoms. The minimum atomic E-state index is 0.190. The third kappa shape index (κ3) is 4.69. The van der Waals surface area contributed by atoms with E-state index in [-0.39, 0.29) is 6.04 Å². The zero-order valence-corrected chi connectivity index (χ0v) is 15.2. The summed E-state index contributed by atoms with van der Waals surface area (Å²) < 4.78 is 0. The number of aryl methyl sites for hydroxylation is 1. The summed E-state index contributed by atoms with van der Waals surface area (Å²) >= 11 is 1.64. The zero-order chi connectivity index (χ0) is 16.8. The summed E-state index contributed by atoms with van der Waals surface area (Å²) in [6.07, 6.45) is 0. The van der Waals surface area contributed by atoms with E-state index in [0.29, 0.717) is 6.54 Å². The normalized spacial score (nSPS) is 12.8. The fraction of sp³-hybridized carbons (Fsp3) is 0.412. The Bertz CT molecular complexity index is 663. The Morgan fingerprint density at radius 1 is 1.35 bits per heavy atom. The monoisotopic (exact) mass is 331 g/mol. The number of hydrogen-bond acceptors (Lipinski definition) is 4. The average molecular weight is 331 g/mol. The molecule has 124 valence electrons. The Labute approximate surface area is 142 Å². The molecule has 0 amide bonds. The van der Waals surface area contributed by atoms with Crippen molar-refractivity contribution in [3.05, 3.63) is 46.5 Å². The summed E-state index contributed by atoms with van der Waals surface area (Å²) in [6.45, 7) is 4.93. The largest absolute Gasteiger partial charge is 0.354 e. The van der Waals surface area contributed by atoms with Gasteiger partial charge >= 0.3 is 0 Å². The number of aromatic nitrogens is 1. The molecule has 1 aromatic heterocycles. The predicted molar refractivity (Wildman–Crippen MR) is 99.4 cm³/mol. The molecule has 2 N–H and O–H groups in total. The van der Waals surface area contributed by atoms with Crippen LogP contribution in [0.25, 0.3) is 0 Å². The van der Waals surface area contributed by atoms with Gasteiger partial charge in [-0.05, 0) is 25.0 Å². The molecule has 0 radical (unpaired) electrons. The van der Waals surface area contributed by atoms with E-state index in [1.165, 1.54) is 11.1 Å². The van der Waals surface area contributed by atoms with Crippen LogP contribution >= 0.6 is 11.3 Å². The molecule has 0 aliphatic carbocycles. The number of guanidine groups is 1. The number of nitrogens with one attached hydrogen (secondary N) is 2. The van der Waals surface area contributed by atoms with Gasteiger partial charge < -0.3 is 15.5 Å². The molecule has 0 fully saturated rings. The first kappa shape index (κ1) is 17.3. The van der Waals surface area contributed by atoms with E-state index in [2.05, 4.69) is 64.1 Å². The zero-order valence-electron chi connectivity index (χ0n) is 14.4. The predicted octanol–water partition coefficient (Wildman–Crippen LogP) is 2.94. The minimum absolute atomic E-state index is 0.190. The Balaban J connectivity index is 1.94. The van der Waals surface area contributed by atoms with E-state index in [1.54, 1.807) is 18.4 Å². The van der Waals surface area contributed by atoms with Crippen LogP contribution in [-0.2, 0) is 6.54 Å². The molecule has 0 saturated carbocycles. The molecule has 1 aromatic carbocycles. The van der Waals surface area contributed by atoms with Crippen LogP contribution in [0.2, 0.25) is 0 Å². The van der Waals surface area contributed by atoms with Crippen LogP contribution in [0, 0.1) is 6.92 Å². The van der Waals surface area contributed by atoms with Crippen LogP contribution in [0.5, 0.6) is 0 Å². The molecule has 0 aliphatic rings. The minimum Gasteiger partial charge on any atom is -0.354 e. The summed E-state index contributed by atoms with van der Waals surface area (Å²) in [4.78, 5) is 10.9. The summed E-state index contributed by atoms with van der Waals surface area (Å²) in [5.41, 5.74) is 3.57. The molecule has 1 heterocycles. The van der Waals surface area contributed by atoms with E-state index in [9.17, 15) is 0 Å². The van der Waals surface area contributed by atoms with Crippen molar-refractivity contribution < 1.29 is 0 Å². The van der Waals surface area contributed by atoms with Gasteiger partial charge in [-0.15, -0.1) is 11.3 Å². The number of anilines is 1. The Hall–Kier alpha value is -2.08. The van der Waals surface area contributed by atoms with Crippen molar-refractivity contribution in [3.8, 4) is 0 Å². The molecule has 1 atom stereocenters. The van der Waals surface area contributed by atoms with Gasteiger partial charge in [0.25, 0.3) is 0 Å². The average Bonchev–Trinajstić information content (AvgIpc) is 3.00. The highest BCUT2D eigenvalue weighted by atomic mass is 32.1.